The number of hydrogen-bond acceptors (Lipinski definition) is 4. The summed E-state index contributed by atoms with van der Waals surface area (Å²) in [6.45, 7) is 0. The van der Waals surface area contributed by atoms with Crippen molar-refractivity contribution in [3.63, 3.8) is 0 Å². The minimum absolute atomic E-state index is 0.0709. The molecule has 22 heavy (non-hydrogen) atoms. The average Bonchev–Trinajstić information content (AvgIpc) is 2.94. The van der Waals surface area contributed by atoms with Crippen molar-refractivity contribution in [1.29, 1.82) is 5.26 Å². The molecular weight excluding hydrogens is 290 g/mol. The predicted octanol–water partition coefficient (Wildman–Crippen LogP) is 3.60. The lowest BCUT2D eigenvalue weighted by Gasteiger charge is -2.04. The number of fused-ring (bicyclic) bond motifs is 1. The zero-order valence-electron chi connectivity index (χ0n) is 11.1. The fourth-order valence-corrected chi connectivity index (χ4v) is 2.06. The van der Waals surface area contributed by atoms with E-state index in [1.165, 1.54) is 0 Å². The summed E-state index contributed by atoms with van der Waals surface area (Å²) in [5, 5.41) is 9.22. The van der Waals surface area contributed by atoms with Crippen LogP contribution in [0, 0.1) is 23.0 Å². The summed E-state index contributed by atoms with van der Waals surface area (Å²) in [5.41, 5.74) is 0.833. The fraction of sp³-hybridized carbons (Fsp3) is 0.0625. The van der Waals surface area contributed by atoms with Crippen molar-refractivity contribution in [1.82, 2.24) is 4.98 Å². The van der Waals surface area contributed by atoms with Gasteiger partial charge < -0.3 is 4.42 Å². The van der Waals surface area contributed by atoms with Crippen LogP contribution in [0.4, 0.5) is 8.78 Å². The molecule has 4 nitrogen and oxygen atoms in total. The Kier molecular flexibility index (Phi) is 3.39. The molecular formula is C16H8F2N2O2. The number of nitriles is 1. The van der Waals surface area contributed by atoms with Crippen LogP contribution in [0.2, 0.25) is 0 Å². The summed E-state index contributed by atoms with van der Waals surface area (Å²) in [5.74, 6) is -4.31. The number of benzene rings is 2. The van der Waals surface area contributed by atoms with E-state index in [-0.39, 0.29) is 11.5 Å². The normalized spacial score (nSPS) is 12.0. The van der Waals surface area contributed by atoms with Crippen molar-refractivity contribution in [3.05, 3.63) is 65.6 Å². The second-order valence-corrected chi connectivity index (χ2v) is 4.58. The Balaban J connectivity index is 2.01. The highest BCUT2D eigenvalue weighted by Crippen LogP contribution is 2.24. The van der Waals surface area contributed by atoms with Crippen LogP contribution < -0.4 is 0 Å². The monoisotopic (exact) mass is 298 g/mol. The van der Waals surface area contributed by atoms with Crippen LogP contribution in [0.25, 0.3) is 11.1 Å². The van der Waals surface area contributed by atoms with Crippen LogP contribution in [0.3, 0.4) is 0 Å². The highest BCUT2D eigenvalue weighted by molar-refractivity contribution is 6.02. The third-order valence-electron chi connectivity index (χ3n) is 3.15. The summed E-state index contributed by atoms with van der Waals surface area (Å²) in [7, 11) is 0. The van der Waals surface area contributed by atoms with Crippen molar-refractivity contribution < 1.29 is 18.0 Å². The molecule has 108 valence electrons. The van der Waals surface area contributed by atoms with Crippen LogP contribution >= 0.6 is 0 Å². The van der Waals surface area contributed by atoms with Gasteiger partial charge in [-0.25, -0.2) is 13.8 Å². The second kappa shape index (κ2) is 5.37. The Morgan fingerprint density at radius 2 is 1.95 bits per heavy atom. The average molecular weight is 298 g/mol. The molecule has 0 saturated heterocycles. The summed E-state index contributed by atoms with van der Waals surface area (Å²) in [4.78, 5) is 16.4. The van der Waals surface area contributed by atoms with Crippen LogP contribution in [-0.4, -0.2) is 10.8 Å². The first-order valence-electron chi connectivity index (χ1n) is 6.34. The summed E-state index contributed by atoms with van der Waals surface area (Å²) < 4.78 is 31.5. The van der Waals surface area contributed by atoms with Gasteiger partial charge >= 0.3 is 0 Å². The molecule has 1 heterocycles. The molecule has 0 N–H and O–H groups in total. The maximum atomic E-state index is 13.2. The Bertz CT molecular complexity index is 879. The first-order chi connectivity index (χ1) is 10.6. The first kappa shape index (κ1) is 13.9. The van der Waals surface area contributed by atoms with Gasteiger partial charge in [-0.15, -0.1) is 0 Å². The summed E-state index contributed by atoms with van der Waals surface area (Å²) in [6.07, 6.45) is 0. The molecule has 0 radical (unpaired) electrons. The number of hydrogen-bond donors (Lipinski definition) is 0. The number of halogens is 2. The Morgan fingerprint density at radius 3 is 2.64 bits per heavy atom. The van der Waals surface area contributed by atoms with Crippen LogP contribution in [-0.2, 0) is 0 Å². The lowest BCUT2D eigenvalue weighted by Crippen LogP contribution is -2.12. The Labute approximate surface area is 123 Å². The predicted molar refractivity (Wildman–Crippen MR) is 73.1 cm³/mol. The molecule has 0 fully saturated rings. The number of rotatable bonds is 3. The van der Waals surface area contributed by atoms with E-state index in [2.05, 4.69) is 4.98 Å². The summed E-state index contributed by atoms with van der Waals surface area (Å²) in [6, 6.07) is 11.3. The molecule has 1 aromatic heterocycles. The smallest absolute Gasteiger partial charge is 0.220 e. The van der Waals surface area contributed by atoms with E-state index >= 15 is 0 Å². The van der Waals surface area contributed by atoms with Gasteiger partial charge in [0.1, 0.15) is 5.52 Å². The molecule has 0 aliphatic heterocycles. The molecule has 0 bridgehead atoms. The molecule has 3 aromatic rings. The fourth-order valence-electron chi connectivity index (χ4n) is 2.06. The van der Waals surface area contributed by atoms with Gasteiger partial charge in [0.25, 0.3) is 0 Å². The second-order valence-electron chi connectivity index (χ2n) is 4.58. The van der Waals surface area contributed by atoms with E-state index in [4.69, 9.17) is 4.42 Å². The molecule has 1 atom stereocenters. The Morgan fingerprint density at radius 1 is 1.18 bits per heavy atom. The Hall–Kier alpha value is -3.07. The number of carbonyl (C=O) groups excluding carboxylic acids is 1. The van der Waals surface area contributed by atoms with E-state index in [0.717, 1.165) is 18.2 Å². The van der Waals surface area contributed by atoms with Crippen LogP contribution in [0.5, 0.6) is 0 Å². The quantitative estimate of drug-likeness (QED) is 0.693. The number of ketones is 1. The number of nitrogens with zero attached hydrogens (tertiary/aromatic N) is 2. The zero-order chi connectivity index (χ0) is 15.7. The van der Waals surface area contributed by atoms with E-state index < -0.39 is 23.3 Å². The lowest BCUT2D eigenvalue weighted by atomic mass is 9.98. The van der Waals surface area contributed by atoms with Crippen molar-refractivity contribution in [2.75, 3.05) is 0 Å². The third-order valence-corrected chi connectivity index (χ3v) is 3.15. The van der Waals surface area contributed by atoms with E-state index in [0.29, 0.717) is 11.1 Å². The topological polar surface area (TPSA) is 66.9 Å². The minimum Gasteiger partial charge on any atom is -0.439 e. The number of para-hydroxylation sites is 2. The molecule has 0 spiro atoms. The minimum atomic E-state index is -1.32. The summed E-state index contributed by atoms with van der Waals surface area (Å²) >= 11 is 0. The zero-order valence-corrected chi connectivity index (χ0v) is 11.1. The third kappa shape index (κ3) is 2.33. The van der Waals surface area contributed by atoms with Crippen molar-refractivity contribution >= 4 is 16.9 Å². The number of Topliss-reactive ketones (excluding diaryl/α,β-unsaturated/α-hetero) is 1. The van der Waals surface area contributed by atoms with Gasteiger partial charge in [0.05, 0.1) is 6.07 Å². The largest absolute Gasteiger partial charge is 0.439 e. The molecule has 0 saturated carbocycles. The van der Waals surface area contributed by atoms with Gasteiger partial charge in [-0.2, -0.15) is 5.26 Å². The molecule has 0 unspecified atom stereocenters. The maximum Gasteiger partial charge on any atom is 0.220 e. The van der Waals surface area contributed by atoms with Crippen molar-refractivity contribution in [3.8, 4) is 6.07 Å². The molecule has 3 rings (SSSR count). The van der Waals surface area contributed by atoms with E-state index in [1.54, 1.807) is 30.3 Å². The molecule has 2 aromatic carbocycles. The molecule has 0 aliphatic carbocycles. The standard InChI is InChI=1S/C16H8F2N2O2/c17-11-6-5-9(7-12(11)18)15(21)10(8-19)16-20-13-3-1-2-4-14(13)22-16/h1-7,10H/t10-/m1/s1. The van der Waals surface area contributed by atoms with Gasteiger partial charge in [0.2, 0.25) is 5.89 Å². The van der Waals surface area contributed by atoms with Gasteiger partial charge in [-0.05, 0) is 30.3 Å². The highest BCUT2D eigenvalue weighted by Gasteiger charge is 2.27. The maximum absolute atomic E-state index is 13.2. The molecule has 0 aliphatic rings. The van der Waals surface area contributed by atoms with E-state index in [9.17, 15) is 18.8 Å². The number of carbonyl (C=O) groups is 1. The highest BCUT2D eigenvalue weighted by atomic mass is 19.2. The number of aromatic nitrogens is 1. The van der Waals surface area contributed by atoms with Crippen LogP contribution in [0.15, 0.2) is 46.9 Å². The SMILES string of the molecule is N#C[C@H](C(=O)c1ccc(F)c(F)c1)c1nc2ccccc2o1. The molecule has 6 heteroatoms. The van der Waals surface area contributed by atoms with Crippen molar-refractivity contribution in [2.24, 2.45) is 0 Å². The van der Waals surface area contributed by atoms with Gasteiger partial charge in [-0.1, -0.05) is 12.1 Å². The van der Waals surface area contributed by atoms with E-state index in [1.807, 2.05) is 0 Å². The van der Waals surface area contributed by atoms with Gasteiger partial charge in [-0.3, -0.25) is 4.79 Å². The van der Waals surface area contributed by atoms with Crippen LogP contribution in [0.1, 0.15) is 22.2 Å². The van der Waals surface area contributed by atoms with Crippen molar-refractivity contribution in [2.45, 2.75) is 5.92 Å². The first-order valence-corrected chi connectivity index (χ1v) is 6.34. The lowest BCUT2D eigenvalue weighted by molar-refractivity contribution is 0.0969. The van der Waals surface area contributed by atoms with Gasteiger partial charge in [0, 0.05) is 5.56 Å². The van der Waals surface area contributed by atoms with Gasteiger partial charge in [0.15, 0.2) is 28.9 Å². The number of oxazole rings is 1. The molecule has 0 amide bonds.